The highest BCUT2D eigenvalue weighted by molar-refractivity contribution is 6.35. The van der Waals surface area contributed by atoms with Crippen molar-refractivity contribution in [2.24, 2.45) is 0 Å². The fourth-order valence-corrected chi connectivity index (χ4v) is 5.68. The summed E-state index contributed by atoms with van der Waals surface area (Å²) in [7, 11) is 0. The summed E-state index contributed by atoms with van der Waals surface area (Å²) in [6.45, 7) is 3.82. The van der Waals surface area contributed by atoms with Gasteiger partial charge in [0.1, 0.15) is 17.5 Å². The van der Waals surface area contributed by atoms with Crippen molar-refractivity contribution in [3.8, 4) is 17.3 Å². The van der Waals surface area contributed by atoms with Gasteiger partial charge in [0.25, 0.3) is 0 Å². The van der Waals surface area contributed by atoms with Gasteiger partial charge in [0.15, 0.2) is 5.82 Å². The molecule has 1 unspecified atom stereocenters. The molecule has 1 fully saturated rings. The third-order valence-corrected chi connectivity index (χ3v) is 7.44. The first-order valence-electron chi connectivity index (χ1n) is 12.0. The molecular formula is C25H25Cl2N7O2. The monoisotopic (exact) mass is 525 g/mol. The SMILES string of the molecule is C[C@@H](Oc1ccc2[nH]nc(-c3nc4c([nH]3)CN(C(=O)C3CCCCN3)C4)c2c1)c1c(Cl)cncc1Cl. The number of amides is 1. The van der Waals surface area contributed by atoms with Crippen molar-refractivity contribution >= 4 is 40.0 Å². The Balaban J connectivity index is 1.22. The van der Waals surface area contributed by atoms with E-state index in [1.807, 2.05) is 30.0 Å². The first kappa shape index (κ1) is 23.3. The zero-order chi connectivity index (χ0) is 24.8. The predicted molar refractivity (Wildman–Crippen MR) is 137 cm³/mol. The van der Waals surface area contributed by atoms with Crippen LogP contribution in [-0.2, 0) is 17.9 Å². The maximum atomic E-state index is 12.9. The summed E-state index contributed by atoms with van der Waals surface area (Å²) >= 11 is 12.6. The number of imidazole rings is 1. The normalized spacial score (nSPS) is 18.4. The average molecular weight is 526 g/mol. The fourth-order valence-electron chi connectivity index (χ4n) is 5.01. The van der Waals surface area contributed by atoms with Crippen LogP contribution in [0.5, 0.6) is 5.75 Å². The van der Waals surface area contributed by atoms with Gasteiger partial charge in [-0.15, -0.1) is 0 Å². The molecule has 2 aliphatic rings. The number of piperidine rings is 1. The van der Waals surface area contributed by atoms with E-state index in [4.69, 9.17) is 32.9 Å². The predicted octanol–water partition coefficient (Wildman–Crippen LogP) is 4.78. The van der Waals surface area contributed by atoms with E-state index in [0.29, 0.717) is 46.0 Å². The standard InChI is InChI=1S/C25H25Cl2N7O2/c1-13(22-16(26)9-28-10-17(22)27)36-14-5-6-18-15(8-14)23(33-32-18)24-30-20-11-34(12-21(20)31-24)25(35)19-4-2-3-7-29-19/h5-6,8-10,13,19,29H,2-4,7,11-12H2,1H3,(H,30,31)(H,32,33)/t13-,19?/m1/s1. The number of nitrogens with one attached hydrogen (secondary N) is 3. The third-order valence-electron chi connectivity index (χ3n) is 6.84. The van der Waals surface area contributed by atoms with Gasteiger partial charge >= 0.3 is 0 Å². The van der Waals surface area contributed by atoms with Gasteiger partial charge in [-0.25, -0.2) is 4.98 Å². The molecule has 2 aliphatic heterocycles. The van der Waals surface area contributed by atoms with E-state index in [1.165, 1.54) is 0 Å². The van der Waals surface area contributed by atoms with Crippen molar-refractivity contribution in [3.63, 3.8) is 0 Å². The second-order valence-corrected chi connectivity index (χ2v) is 10.1. The van der Waals surface area contributed by atoms with Crippen LogP contribution in [0.1, 0.15) is 49.2 Å². The number of aromatic amines is 2. The molecule has 2 atom stereocenters. The molecule has 1 amide bonds. The second-order valence-electron chi connectivity index (χ2n) is 9.26. The molecule has 5 heterocycles. The van der Waals surface area contributed by atoms with Gasteiger partial charge in [0, 0.05) is 23.3 Å². The molecular weight excluding hydrogens is 501 g/mol. The number of rotatable bonds is 5. The van der Waals surface area contributed by atoms with E-state index in [9.17, 15) is 4.79 Å². The number of ether oxygens (including phenoxy) is 1. The Kier molecular flexibility index (Phi) is 6.07. The van der Waals surface area contributed by atoms with Crippen LogP contribution >= 0.6 is 23.2 Å². The number of H-pyrrole nitrogens is 2. The van der Waals surface area contributed by atoms with Crippen molar-refractivity contribution in [3.05, 3.63) is 57.6 Å². The molecule has 36 heavy (non-hydrogen) atoms. The molecule has 3 aromatic heterocycles. The molecule has 6 rings (SSSR count). The summed E-state index contributed by atoms with van der Waals surface area (Å²) in [6, 6.07) is 5.62. The first-order valence-corrected chi connectivity index (χ1v) is 12.8. The van der Waals surface area contributed by atoms with E-state index in [2.05, 4.69) is 25.5 Å². The van der Waals surface area contributed by atoms with Crippen LogP contribution in [0.4, 0.5) is 0 Å². The molecule has 11 heteroatoms. The Morgan fingerprint density at radius 1 is 1.19 bits per heavy atom. The molecule has 9 nitrogen and oxygen atoms in total. The number of halogens is 2. The second kappa shape index (κ2) is 9.38. The molecule has 1 saturated heterocycles. The highest BCUT2D eigenvalue weighted by atomic mass is 35.5. The largest absolute Gasteiger partial charge is 0.486 e. The Morgan fingerprint density at radius 3 is 2.78 bits per heavy atom. The van der Waals surface area contributed by atoms with Crippen molar-refractivity contribution in [1.29, 1.82) is 0 Å². The number of pyridine rings is 1. The van der Waals surface area contributed by atoms with Crippen LogP contribution < -0.4 is 10.1 Å². The lowest BCUT2D eigenvalue weighted by Crippen LogP contribution is -2.46. The fraction of sp³-hybridized carbons (Fsp3) is 0.360. The van der Waals surface area contributed by atoms with Crippen LogP contribution in [0.2, 0.25) is 10.0 Å². The average Bonchev–Trinajstić information content (AvgIpc) is 3.57. The number of carbonyl (C=O) groups excluding carboxylic acids is 1. The van der Waals surface area contributed by atoms with E-state index >= 15 is 0 Å². The summed E-state index contributed by atoms with van der Waals surface area (Å²) in [5.74, 6) is 1.47. The molecule has 0 aliphatic carbocycles. The molecule has 1 aromatic carbocycles. The number of benzene rings is 1. The first-order chi connectivity index (χ1) is 17.5. The third kappa shape index (κ3) is 4.21. The summed E-state index contributed by atoms with van der Waals surface area (Å²) < 4.78 is 6.17. The molecule has 3 N–H and O–H groups in total. The minimum atomic E-state index is -0.379. The Labute approximate surface area is 217 Å². The lowest BCUT2D eigenvalue weighted by Gasteiger charge is -2.27. The van der Waals surface area contributed by atoms with Crippen LogP contribution in [0.3, 0.4) is 0 Å². The topological polar surface area (TPSA) is 112 Å². The van der Waals surface area contributed by atoms with Gasteiger partial charge < -0.3 is 19.9 Å². The van der Waals surface area contributed by atoms with Crippen molar-refractivity contribution in [2.45, 2.75) is 51.4 Å². The van der Waals surface area contributed by atoms with Crippen molar-refractivity contribution in [1.82, 2.24) is 35.4 Å². The Morgan fingerprint density at radius 2 is 2.03 bits per heavy atom. The highest BCUT2D eigenvalue weighted by Gasteiger charge is 2.32. The van der Waals surface area contributed by atoms with Gasteiger partial charge in [0.05, 0.1) is 46.1 Å². The number of carbonyl (C=O) groups is 1. The zero-order valence-electron chi connectivity index (χ0n) is 19.6. The van der Waals surface area contributed by atoms with Gasteiger partial charge in [-0.3, -0.25) is 14.9 Å². The zero-order valence-corrected chi connectivity index (χ0v) is 21.2. The van der Waals surface area contributed by atoms with Crippen molar-refractivity contribution in [2.75, 3.05) is 6.54 Å². The Hall–Kier alpha value is -3.14. The summed E-state index contributed by atoms with van der Waals surface area (Å²) in [6.07, 6.45) is 5.83. The lowest BCUT2D eigenvalue weighted by molar-refractivity contribution is -0.134. The number of nitrogens with zero attached hydrogens (tertiary/aromatic N) is 4. The molecule has 4 aromatic rings. The highest BCUT2D eigenvalue weighted by Crippen LogP contribution is 2.35. The van der Waals surface area contributed by atoms with Gasteiger partial charge in [-0.2, -0.15) is 5.10 Å². The molecule has 0 bridgehead atoms. The van der Waals surface area contributed by atoms with E-state index in [0.717, 1.165) is 48.1 Å². The maximum Gasteiger partial charge on any atom is 0.240 e. The summed E-state index contributed by atoms with van der Waals surface area (Å²) in [4.78, 5) is 26.9. The van der Waals surface area contributed by atoms with E-state index < -0.39 is 0 Å². The molecule has 186 valence electrons. The number of hydrogen-bond donors (Lipinski definition) is 3. The minimum absolute atomic E-state index is 0.0877. The number of hydrogen-bond acceptors (Lipinski definition) is 6. The minimum Gasteiger partial charge on any atom is -0.486 e. The number of aromatic nitrogens is 5. The van der Waals surface area contributed by atoms with Gasteiger partial charge in [-0.1, -0.05) is 29.6 Å². The van der Waals surface area contributed by atoms with Crippen LogP contribution in [0.25, 0.3) is 22.4 Å². The van der Waals surface area contributed by atoms with E-state index in [1.54, 1.807) is 12.4 Å². The molecule has 0 saturated carbocycles. The quantitative estimate of drug-likeness (QED) is 0.345. The van der Waals surface area contributed by atoms with Gasteiger partial charge in [0.2, 0.25) is 5.91 Å². The molecule has 0 spiro atoms. The lowest BCUT2D eigenvalue weighted by atomic mass is 10.0. The molecule has 0 radical (unpaired) electrons. The maximum absolute atomic E-state index is 12.9. The van der Waals surface area contributed by atoms with Gasteiger partial charge in [-0.05, 0) is 44.5 Å². The smallest absolute Gasteiger partial charge is 0.240 e. The Bertz CT molecular complexity index is 1400. The summed E-state index contributed by atoms with van der Waals surface area (Å²) in [5.41, 5.74) is 4.08. The van der Waals surface area contributed by atoms with Crippen LogP contribution in [0.15, 0.2) is 30.6 Å². The summed E-state index contributed by atoms with van der Waals surface area (Å²) in [5, 5.41) is 12.7. The number of fused-ring (bicyclic) bond motifs is 2. The van der Waals surface area contributed by atoms with E-state index in [-0.39, 0.29) is 18.1 Å². The van der Waals surface area contributed by atoms with Crippen LogP contribution in [-0.4, -0.2) is 48.5 Å². The van der Waals surface area contributed by atoms with Crippen molar-refractivity contribution < 1.29 is 9.53 Å². The van der Waals surface area contributed by atoms with Crippen LogP contribution in [0, 0.1) is 0 Å².